The maximum atomic E-state index is 10.8. The number of ether oxygens (including phenoxy) is 2. The van der Waals surface area contributed by atoms with Crippen LogP contribution >= 0.6 is 0 Å². The zero-order valence-electron chi connectivity index (χ0n) is 10.5. The average Bonchev–Trinajstić information content (AvgIpc) is 2.27. The molecular weight excluding hydrogens is 236 g/mol. The second-order valence-electron chi connectivity index (χ2n) is 4.41. The summed E-state index contributed by atoms with van der Waals surface area (Å²) < 4.78 is 9.86. The molecule has 0 aliphatic heterocycles. The van der Waals surface area contributed by atoms with Gasteiger partial charge < -0.3 is 9.47 Å². The van der Waals surface area contributed by atoms with Crippen molar-refractivity contribution in [1.29, 1.82) is 0 Å². The van der Waals surface area contributed by atoms with Gasteiger partial charge in [-0.15, -0.1) is 0 Å². The van der Waals surface area contributed by atoms with Crippen molar-refractivity contribution in [1.82, 2.24) is 0 Å². The molecule has 0 aliphatic carbocycles. The van der Waals surface area contributed by atoms with E-state index < -0.39 is 20.0 Å². The van der Waals surface area contributed by atoms with Gasteiger partial charge in [0.25, 0.3) is 0 Å². The predicted molar refractivity (Wildman–Crippen MR) is 69.4 cm³/mol. The molecule has 0 rings (SSSR count). The Hall–Kier alpha value is -1.36. The van der Waals surface area contributed by atoms with E-state index in [-0.39, 0.29) is 0 Å². The SMILES string of the molecule is C=CC(=O)OCC[Si](C)(C)CCOC(=O)C=C. The molecule has 0 saturated heterocycles. The smallest absolute Gasteiger partial charge is 0.330 e. The zero-order valence-corrected chi connectivity index (χ0v) is 11.5. The van der Waals surface area contributed by atoms with Gasteiger partial charge in [-0.05, 0) is 12.1 Å². The van der Waals surface area contributed by atoms with Crippen molar-refractivity contribution in [2.75, 3.05) is 13.2 Å². The molecule has 17 heavy (non-hydrogen) atoms. The molecule has 0 atom stereocenters. The highest BCUT2D eigenvalue weighted by molar-refractivity contribution is 6.77. The highest BCUT2D eigenvalue weighted by Crippen LogP contribution is 2.15. The summed E-state index contributed by atoms with van der Waals surface area (Å²) in [6.07, 6.45) is 2.31. The van der Waals surface area contributed by atoms with E-state index in [0.29, 0.717) is 13.2 Å². The molecule has 5 heteroatoms. The van der Waals surface area contributed by atoms with Crippen LogP contribution in [0.2, 0.25) is 25.2 Å². The number of carbonyl (C=O) groups is 2. The molecule has 0 aromatic heterocycles. The van der Waals surface area contributed by atoms with Crippen molar-refractivity contribution in [3.8, 4) is 0 Å². The van der Waals surface area contributed by atoms with Crippen LogP contribution in [0.25, 0.3) is 0 Å². The second kappa shape index (κ2) is 7.84. The Balaban J connectivity index is 3.79. The van der Waals surface area contributed by atoms with Crippen LogP contribution in [0.15, 0.2) is 25.3 Å². The minimum absolute atomic E-state index is 0.395. The van der Waals surface area contributed by atoms with E-state index in [4.69, 9.17) is 9.47 Å². The molecule has 0 saturated carbocycles. The third-order valence-electron chi connectivity index (χ3n) is 2.38. The first-order chi connectivity index (χ1) is 7.91. The third-order valence-corrected chi connectivity index (χ3v) is 5.50. The van der Waals surface area contributed by atoms with E-state index in [0.717, 1.165) is 24.2 Å². The standard InChI is InChI=1S/C12H20O4Si/c1-5-11(13)15-7-9-17(3,4)10-8-16-12(14)6-2/h5-6H,1-2,7-10H2,3-4H3. The summed E-state index contributed by atoms with van der Waals surface area (Å²) in [5.41, 5.74) is 0. The first-order valence-electron chi connectivity index (χ1n) is 5.49. The van der Waals surface area contributed by atoms with Crippen molar-refractivity contribution in [3.05, 3.63) is 25.3 Å². The molecule has 0 unspecified atom stereocenters. The van der Waals surface area contributed by atoms with E-state index in [1.807, 2.05) is 0 Å². The largest absolute Gasteiger partial charge is 0.463 e. The van der Waals surface area contributed by atoms with Crippen LogP contribution < -0.4 is 0 Å². The quantitative estimate of drug-likeness (QED) is 0.379. The van der Waals surface area contributed by atoms with Gasteiger partial charge in [0.2, 0.25) is 0 Å². The van der Waals surface area contributed by atoms with Gasteiger partial charge >= 0.3 is 11.9 Å². The molecule has 4 nitrogen and oxygen atoms in total. The number of carbonyl (C=O) groups excluding carboxylic acids is 2. The summed E-state index contributed by atoms with van der Waals surface area (Å²) >= 11 is 0. The monoisotopic (exact) mass is 256 g/mol. The minimum atomic E-state index is -1.49. The van der Waals surface area contributed by atoms with Crippen LogP contribution in [0.1, 0.15) is 0 Å². The summed E-state index contributed by atoms with van der Waals surface area (Å²) in [7, 11) is -1.49. The van der Waals surface area contributed by atoms with Gasteiger partial charge in [0.05, 0.1) is 21.3 Å². The first kappa shape index (κ1) is 15.6. The van der Waals surface area contributed by atoms with Gasteiger partial charge in [-0.3, -0.25) is 0 Å². The van der Waals surface area contributed by atoms with E-state index in [9.17, 15) is 9.59 Å². The van der Waals surface area contributed by atoms with Crippen LogP contribution in [0.4, 0.5) is 0 Å². The lowest BCUT2D eigenvalue weighted by Gasteiger charge is -2.21. The lowest BCUT2D eigenvalue weighted by atomic mass is 10.6. The molecule has 0 bridgehead atoms. The van der Waals surface area contributed by atoms with Crippen molar-refractivity contribution < 1.29 is 19.1 Å². The maximum Gasteiger partial charge on any atom is 0.330 e. The Labute approximate surface area is 103 Å². The zero-order chi connectivity index (χ0) is 13.3. The van der Waals surface area contributed by atoms with Gasteiger partial charge in [0.1, 0.15) is 0 Å². The Morgan fingerprint density at radius 1 is 1.00 bits per heavy atom. The predicted octanol–water partition coefficient (Wildman–Crippen LogP) is 2.15. The van der Waals surface area contributed by atoms with Gasteiger partial charge in [0, 0.05) is 12.2 Å². The van der Waals surface area contributed by atoms with Crippen LogP contribution in [0, 0.1) is 0 Å². The summed E-state index contributed by atoms with van der Waals surface area (Å²) in [4.78, 5) is 21.7. The fourth-order valence-electron chi connectivity index (χ4n) is 1.10. The molecule has 96 valence electrons. The highest BCUT2D eigenvalue weighted by Gasteiger charge is 2.21. The highest BCUT2D eigenvalue weighted by atomic mass is 28.3. The minimum Gasteiger partial charge on any atom is -0.463 e. The molecule has 0 aliphatic rings. The van der Waals surface area contributed by atoms with Gasteiger partial charge in [-0.25, -0.2) is 9.59 Å². The van der Waals surface area contributed by atoms with E-state index in [2.05, 4.69) is 26.3 Å². The fourth-order valence-corrected chi connectivity index (χ4v) is 2.66. The molecule has 0 aromatic carbocycles. The Kier molecular flexibility index (Phi) is 7.21. The number of hydrogen-bond donors (Lipinski definition) is 0. The van der Waals surface area contributed by atoms with Crippen LogP contribution in [0.3, 0.4) is 0 Å². The van der Waals surface area contributed by atoms with E-state index in [1.54, 1.807) is 0 Å². The van der Waals surface area contributed by atoms with Crippen molar-refractivity contribution in [2.45, 2.75) is 25.2 Å². The Bertz CT molecular complexity index is 269. The van der Waals surface area contributed by atoms with E-state index in [1.165, 1.54) is 0 Å². The maximum absolute atomic E-state index is 10.8. The Morgan fingerprint density at radius 3 is 1.65 bits per heavy atom. The van der Waals surface area contributed by atoms with Crippen molar-refractivity contribution in [3.63, 3.8) is 0 Å². The Morgan fingerprint density at radius 2 is 1.35 bits per heavy atom. The average molecular weight is 256 g/mol. The van der Waals surface area contributed by atoms with Gasteiger partial charge in [0.15, 0.2) is 0 Å². The summed E-state index contributed by atoms with van der Waals surface area (Å²) in [5, 5.41) is 0. The van der Waals surface area contributed by atoms with Crippen LogP contribution in [0.5, 0.6) is 0 Å². The normalized spacial score (nSPS) is 10.5. The molecule has 0 fully saturated rings. The van der Waals surface area contributed by atoms with Crippen molar-refractivity contribution in [2.24, 2.45) is 0 Å². The van der Waals surface area contributed by atoms with E-state index >= 15 is 0 Å². The molecule has 0 amide bonds. The number of hydrogen-bond acceptors (Lipinski definition) is 4. The first-order valence-corrected chi connectivity index (χ1v) is 8.91. The molecule has 0 radical (unpaired) electrons. The van der Waals surface area contributed by atoms with Gasteiger partial charge in [-0.2, -0.15) is 0 Å². The summed E-state index contributed by atoms with van der Waals surface area (Å²) in [6, 6.07) is 1.69. The third kappa shape index (κ3) is 8.44. The summed E-state index contributed by atoms with van der Waals surface area (Å²) in [6.45, 7) is 11.8. The topological polar surface area (TPSA) is 52.6 Å². The molecule has 0 N–H and O–H groups in total. The molecule has 0 heterocycles. The number of rotatable bonds is 8. The van der Waals surface area contributed by atoms with Crippen LogP contribution in [-0.2, 0) is 19.1 Å². The lowest BCUT2D eigenvalue weighted by molar-refractivity contribution is -0.137. The molecule has 0 spiro atoms. The molecular formula is C12H20O4Si. The van der Waals surface area contributed by atoms with Crippen molar-refractivity contribution >= 4 is 20.0 Å². The lowest BCUT2D eigenvalue weighted by Crippen LogP contribution is -2.29. The summed E-state index contributed by atoms with van der Waals surface area (Å²) in [5.74, 6) is -0.791. The second-order valence-corrected chi connectivity index (χ2v) is 9.74. The molecule has 0 aromatic rings. The fraction of sp³-hybridized carbons (Fsp3) is 0.500. The van der Waals surface area contributed by atoms with Crippen LogP contribution in [-0.4, -0.2) is 33.2 Å². The van der Waals surface area contributed by atoms with Gasteiger partial charge in [-0.1, -0.05) is 26.3 Å². The number of esters is 2.